The predicted molar refractivity (Wildman–Crippen MR) is 93.6 cm³/mol. The van der Waals surface area contributed by atoms with Crippen LogP contribution in [0.5, 0.6) is 5.19 Å². The molecule has 1 aromatic carbocycles. The van der Waals surface area contributed by atoms with Crippen molar-refractivity contribution in [2.75, 3.05) is 12.4 Å². The first-order valence-corrected chi connectivity index (χ1v) is 8.07. The van der Waals surface area contributed by atoms with Gasteiger partial charge >= 0.3 is 0 Å². The Kier molecular flexibility index (Phi) is 4.25. The lowest BCUT2D eigenvalue weighted by Gasteiger charge is -2.08. The fraction of sp³-hybridized carbons (Fsp3) is 0.235. The third-order valence-corrected chi connectivity index (χ3v) is 4.74. The van der Waals surface area contributed by atoms with Crippen molar-refractivity contribution >= 4 is 23.0 Å². The molecule has 0 saturated carbocycles. The Morgan fingerprint density at radius 2 is 1.87 bits per heavy atom. The second-order valence-electron chi connectivity index (χ2n) is 5.29. The number of hydrogen-bond acceptors (Lipinski definition) is 6. The molecule has 0 amide bonds. The van der Waals surface area contributed by atoms with Crippen LogP contribution in [0, 0.1) is 20.8 Å². The van der Waals surface area contributed by atoms with Gasteiger partial charge in [0.15, 0.2) is 0 Å². The van der Waals surface area contributed by atoms with Gasteiger partial charge in [0.25, 0.3) is 5.19 Å². The molecule has 5 nitrogen and oxygen atoms in total. The number of ether oxygens (including phenoxy) is 1. The van der Waals surface area contributed by atoms with E-state index in [0.29, 0.717) is 11.1 Å². The number of nitrogens with zero attached hydrogens (tertiary/aromatic N) is 3. The summed E-state index contributed by atoms with van der Waals surface area (Å²) in [6.07, 6.45) is 1.75. The van der Waals surface area contributed by atoms with E-state index in [1.54, 1.807) is 13.3 Å². The second-order valence-corrected chi connectivity index (χ2v) is 6.25. The van der Waals surface area contributed by atoms with E-state index in [9.17, 15) is 0 Å². The maximum Gasteiger partial charge on any atom is 0.273 e. The fourth-order valence-corrected chi connectivity index (χ4v) is 3.04. The summed E-state index contributed by atoms with van der Waals surface area (Å²) in [7, 11) is 1.62. The number of rotatable bonds is 4. The number of nitrogens with one attached hydrogen (secondary N) is 1. The molecule has 6 heteroatoms. The van der Waals surface area contributed by atoms with Gasteiger partial charge in [-0.15, -0.1) is 0 Å². The molecule has 0 bridgehead atoms. The Hall–Kier alpha value is -2.47. The average Bonchev–Trinajstić information content (AvgIpc) is 2.92. The number of aromatic nitrogens is 3. The molecule has 1 N–H and O–H groups in total. The van der Waals surface area contributed by atoms with Crippen molar-refractivity contribution < 1.29 is 4.74 Å². The van der Waals surface area contributed by atoms with Gasteiger partial charge in [-0.25, -0.2) is 15.0 Å². The van der Waals surface area contributed by atoms with Crippen molar-refractivity contribution in [2.24, 2.45) is 0 Å². The van der Waals surface area contributed by atoms with Crippen LogP contribution in [0.1, 0.15) is 16.8 Å². The Bertz CT molecular complexity index is 844. The molecule has 0 aliphatic rings. The number of methoxy groups -OCH3 is 1. The zero-order valence-electron chi connectivity index (χ0n) is 13.5. The number of hydrogen-bond donors (Lipinski definition) is 1. The standard InChI is InChI=1S/C17H18N4OS/c1-10-5-6-13(9-11(10)2)20-16-18-8-7-14(21-16)15-12(3)19-17(22-4)23-15/h5-9H,1-4H3,(H,18,20,21). The van der Waals surface area contributed by atoms with Gasteiger partial charge in [0.2, 0.25) is 5.95 Å². The Morgan fingerprint density at radius 3 is 2.57 bits per heavy atom. The molecular weight excluding hydrogens is 308 g/mol. The molecule has 0 aliphatic carbocycles. The van der Waals surface area contributed by atoms with Crippen molar-refractivity contribution in [1.29, 1.82) is 0 Å². The van der Waals surface area contributed by atoms with Crippen LogP contribution in [0.2, 0.25) is 0 Å². The monoisotopic (exact) mass is 326 g/mol. The van der Waals surface area contributed by atoms with Crippen molar-refractivity contribution in [1.82, 2.24) is 15.0 Å². The zero-order valence-corrected chi connectivity index (χ0v) is 14.4. The quantitative estimate of drug-likeness (QED) is 0.775. The summed E-state index contributed by atoms with van der Waals surface area (Å²) in [5, 5.41) is 3.89. The molecule has 3 aromatic rings. The molecule has 0 atom stereocenters. The third kappa shape index (κ3) is 3.32. The van der Waals surface area contributed by atoms with Crippen LogP contribution in [0.25, 0.3) is 10.6 Å². The number of thiazole rings is 1. The zero-order chi connectivity index (χ0) is 16.4. The summed E-state index contributed by atoms with van der Waals surface area (Å²) < 4.78 is 5.20. The first-order chi connectivity index (χ1) is 11.1. The lowest BCUT2D eigenvalue weighted by atomic mass is 10.1. The largest absolute Gasteiger partial charge is 0.473 e. The Morgan fingerprint density at radius 1 is 1.04 bits per heavy atom. The summed E-state index contributed by atoms with van der Waals surface area (Å²) in [5.41, 5.74) is 5.21. The van der Waals surface area contributed by atoms with E-state index in [2.05, 4.69) is 46.2 Å². The van der Waals surface area contributed by atoms with E-state index in [4.69, 9.17) is 4.74 Å². The van der Waals surface area contributed by atoms with Crippen LogP contribution in [-0.4, -0.2) is 22.1 Å². The first kappa shape index (κ1) is 15.4. The van der Waals surface area contributed by atoms with Crippen molar-refractivity contribution in [2.45, 2.75) is 20.8 Å². The molecule has 3 rings (SSSR count). The second kappa shape index (κ2) is 6.34. The van der Waals surface area contributed by atoms with Crippen LogP contribution in [0.3, 0.4) is 0 Å². The normalized spacial score (nSPS) is 10.6. The van der Waals surface area contributed by atoms with Crippen molar-refractivity contribution in [3.63, 3.8) is 0 Å². The highest BCUT2D eigenvalue weighted by molar-refractivity contribution is 7.17. The molecule has 0 saturated heterocycles. The molecule has 0 radical (unpaired) electrons. The lowest BCUT2D eigenvalue weighted by Crippen LogP contribution is -1.98. The van der Waals surface area contributed by atoms with E-state index in [0.717, 1.165) is 22.0 Å². The minimum atomic E-state index is 0.567. The smallest absolute Gasteiger partial charge is 0.273 e. The highest BCUT2D eigenvalue weighted by atomic mass is 32.1. The third-order valence-electron chi connectivity index (χ3n) is 3.60. The van der Waals surface area contributed by atoms with Gasteiger partial charge in [-0.1, -0.05) is 17.4 Å². The Labute approximate surface area is 139 Å². The van der Waals surface area contributed by atoms with Gasteiger partial charge in [-0.05, 0) is 50.1 Å². The van der Waals surface area contributed by atoms with E-state index >= 15 is 0 Å². The molecule has 0 unspecified atom stereocenters. The van der Waals surface area contributed by atoms with Crippen LogP contribution in [0.4, 0.5) is 11.6 Å². The van der Waals surface area contributed by atoms with Gasteiger partial charge in [0.05, 0.1) is 23.4 Å². The highest BCUT2D eigenvalue weighted by Crippen LogP contribution is 2.33. The number of aryl methyl sites for hydroxylation is 3. The minimum Gasteiger partial charge on any atom is -0.473 e. The first-order valence-electron chi connectivity index (χ1n) is 7.26. The van der Waals surface area contributed by atoms with Gasteiger partial charge in [-0.3, -0.25) is 0 Å². The average molecular weight is 326 g/mol. The van der Waals surface area contributed by atoms with Crippen LogP contribution in [0.15, 0.2) is 30.5 Å². The molecule has 0 aliphatic heterocycles. The summed E-state index contributed by atoms with van der Waals surface area (Å²) in [6, 6.07) is 8.08. The predicted octanol–water partition coefficient (Wildman–Crippen LogP) is 4.28. The summed E-state index contributed by atoms with van der Waals surface area (Å²) >= 11 is 1.48. The van der Waals surface area contributed by atoms with Crippen LogP contribution < -0.4 is 10.1 Å². The molecule has 0 fully saturated rings. The highest BCUT2D eigenvalue weighted by Gasteiger charge is 2.12. The van der Waals surface area contributed by atoms with E-state index in [1.807, 2.05) is 19.1 Å². The van der Waals surface area contributed by atoms with Crippen molar-refractivity contribution in [3.05, 3.63) is 47.3 Å². The van der Waals surface area contributed by atoms with Crippen molar-refractivity contribution in [3.8, 4) is 15.8 Å². The summed E-state index contributed by atoms with van der Waals surface area (Å²) in [6.45, 7) is 6.13. The SMILES string of the molecule is COc1nc(C)c(-c2ccnc(Nc3ccc(C)c(C)c3)n2)s1. The topological polar surface area (TPSA) is 59.9 Å². The summed E-state index contributed by atoms with van der Waals surface area (Å²) in [5.74, 6) is 0.567. The van der Waals surface area contributed by atoms with E-state index in [-0.39, 0.29) is 0 Å². The van der Waals surface area contributed by atoms with Crippen LogP contribution >= 0.6 is 11.3 Å². The van der Waals surface area contributed by atoms with Crippen LogP contribution in [-0.2, 0) is 0 Å². The molecule has 2 aromatic heterocycles. The molecule has 118 valence electrons. The van der Waals surface area contributed by atoms with Gasteiger partial charge in [0, 0.05) is 11.9 Å². The van der Waals surface area contributed by atoms with E-state index in [1.165, 1.54) is 22.5 Å². The number of anilines is 2. The Balaban J connectivity index is 1.90. The fourth-order valence-electron chi connectivity index (χ4n) is 2.19. The maximum absolute atomic E-state index is 5.20. The summed E-state index contributed by atoms with van der Waals surface area (Å²) in [4.78, 5) is 14.2. The lowest BCUT2D eigenvalue weighted by molar-refractivity contribution is 0.411. The molecular formula is C17H18N4OS. The minimum absolute atomic E-state index is 0.567. The van der Waals surface area contributed by atoms with Gasteiger partial charge < -0.3 is 10.1 Å². The molecule has 0 spiro atoms. The maximum atomic E-state index is 5.20. The van der Waals surface area contributed by atoms with Gasteiger partial charge in [-0.2, -0.15) is 0 Å². The number of benzene rings is 1. The van der Waals surface area contributed by atoms with E-state index < -0.39 is 0 Å². The molecule has 2 heterocycles. The molecule has 23 heavy (non-hydrogen) atoms. The van der Waals surface area contributed by atoms with Gasteiger partial charge in [0.1, 0.15) is 0 Å².